The Bertz CT molecular complexity index is 481. The van der Waals surface area contributed by atoms with Gasteiger partial charge in [0.25, 0.3) is 0 Å². The molecule has 1 aromatic rings. The fourth-order valence-electron chi connectivity index (χ4n) is 1.74. The molecule has 0 radical (unpaired) electrons. The van der Waals surface area contributed by atoms with Gasteiger partial charge >= 0.3 is 0 Å². The van der Waals surface area contributed by atoms with Gasteiger partial charge in [-0.3, -0.25) is 9.59 Å². The number of carbonyl (C=O) groups is 2. The van der Waals surface area contributed by atoms with Gasteiger partial charge in [-0.2, -0.15) is 0 Å². The van der Waals surface area contributed by atoms with Gasteiger partial charge in [0.1, 0.15) is 11.6 Å². The van der Waals surface area contributed by atoms with Crippen LogP contribution < -0.4 is 4.90 Å². The fraction of sp³-hybridized carbons (Fsp3) is 0.273. The minimum Gasteiger partial charge on any atom is -0.309 e. The Morgan fingerprint density at radius 1 is 1.18 bits per heavy atom. The summed E-state index contributed by atoms with van der Waals surface area (Å²) in [5.74, 6) is -1.04. The lowest BCUT2D eigenvalue weighted by Gasteiger charge is -2.27. The number of hydrogen-bond donors (Lipinski definition) is 0. The SMILES string of the molecule is O=C1CCN(c2c(Cl)cc(F)cc2Cl)C(=O)C1. The molecular weight excluding hydrogens is 268 g/mol. The Balaban J connectivity index is 2.40. The third kappa shape index (κ3) is 2.42. The number of rotatable bonds is 1. The van der Waals surface area contributed by atoms with Crippen LogP contribution in [-0.2, 0) is 9.59 Å². The number of piperidine rings is 1. The largest absolute Gasteiger partial charge is 0.309 e. The van der Waals surface area contributed by atoms with Crippen molar-refractivity contribution in [1.29, 1.82) is 0 Å². The smallest absolute Gasteiger partial charge is 0.234 e. The van der Waals surface area contributed by atoms with Gasteiger partial charge in [0.2, 0.25) is 5.91 Å². The van der Waals surface area contributed by atoms with E-state index >= 15 is 0 Å². The van der Waals surface area contributed by atoms with E-state index in [4.69, 9.17) is 23.2 Å². The van der Waals surface area contributed by atoms with Crippen molar-refractivity contribution < 1.29 is 14.0 Å². The van der Waals surface area contributed by atoms with Gasteiger partial charge in [-0.1, -0.05) is 23.2 Å². The molecule has 1 aliphatic rings. The second kappa shape index (κ2) is 4.63. The Hall–Kier alpha value is -1.13. The Morgan fingerprint density at radius 2 is 1.76 bits per heavy atom. The molecule has 0 saturated carbocycles. The number of anilines is 1. The lowest BCUT2D eigenvalue weighted by Crippen LogP contribution is -2.39. The zero-order chi connectivity index (χ0) is 12.6. The molecule has 0 aliphatic carbocycles. The molecule has 0 aromatic heterocycles. The number of benzene rings is 1. The van der Waals surface area contributed by atoms with Gasteiger partial charge in [0, 0.05) is 13.0 Å². The molecule has 6 heteroatoms. The Morgan fingerprint density at radius 3 is 2.29 bits per heavy atom. The van der Waals surface area contributed by atoms with Crippen LogP contribution in [0.25, 0.3) is 0 Å². The van der Waals surface area contributed by atoms with Gasteiger partial charge in [0.15, 0.2) is 0 Å². The van der Waals surface area contributed by atoms with E-state index in [2.05, 4.69) is 0 Å². The second-order valence-electron chi connectivity index (χ2n) is 3.73. The van der Waals surface area contributed by atoms with Crippen LogP contribution in [0.5, 0.6) is 0 Å². The first-order valence-electron chi connectivity index (χ1n) is 4.95. The number of hydrogen-bond acceptors (Lipinski definition) is 2. The number of amides is 1. The highest BCUT2D eigenvalue weighted by molar-refractivity contribution is 6.40. The first-order valence-corrected chi connectivity index (χ1v) is 5.71. The predicted octanol–water partition coefficient (Wildman–Crippen LogP) is 2.83. The first-order chi connectivity index (χ1) is 7.99. The van der Waals surface area contributed by atoms with E-state index in [1.54, 1.807) is 0 Å². The summed E-state index contributed by atoms with van der Waals surface area (Å²) in [5.41, 5.74) is 0.271. The fourth-order valence-corrected chi connectivity index (χ4v) is 2.41. The van der Waals surface area contributed by atoms with Crippen LogP contribution in [0.3, 0.4) is 0 Å². The van der Waals surface area contributed by atoms with Gasteiger partial charge in [-0.15, -0.1) is 0 Å². The molecule has 1 fully saturated rings. The number of halogens is 3. The minimum absolute atomic E-state index is 0.0673. The molecule has 90 valence electrons. The molecule has 1 heterocycles. The third-order valence-electron chi connectivity index (χ3n) is 2.52. The first kappa shape index (κ1) is 12.3. The summed E-state index contributed by atoms with van der Waals surface area (Å²) in [4.78, 5) is 24.1. The third-order valence-corrected chi connectivity index (χ3v) is 3.09. The maximum absolute atomic E-state index is 13.0. The quantitative estimate of drug-likeness (QED) is 0.739. The molecule has 0 N–H and O–H groups in total. The van der Waals surface area contributed by atoms with Crippen LogP contribution in [0.4, 0.5) is 10.1 Å². The van der Waals surface area contributed by atoms with Crippen molar-refractivity contribution in [1.82, 2.24) is 0 Å². The summed E-state index contributed by atoms with van der Waals surface area (Å²) in [6.45, 7) is 0.225. The Labute approximate surface area is 107 Å². The van der Waals surface area contributed by atoms with Crippen molar-refractivity contribution in [3.05, 3.63) is 28.0 Å². The predicted molar refractivity (Wildman–Crippen MR) is 63.0 cm³/mol. The molecule has 1 saturated heterocycles. The number of Topliss-reactive ketones (excluding diaryl/α,β-unsaturated/α-hetero) is 1. The van der Waals surface area contributed by atoms with Crippen molar-refractivity contribution in [2.75, 3.05) is 11.4 Å². The summed E-state index contributed by atoms with van der Waals surface area (Å²) in [5, 5.41) is 0.135. The van der Waals surface area contributed by atoms with E-state index < -0.39 is 5.82 Å². The van der Waals surface area contributed by atoms with E-state index in [0.29, 0.717) is 0 Å². The van der Waals surface area contributed by atoms with Crippen molar-refractivity contribution >= 4 is 40.6 Å². The van der Waals surface area contributed by atoms with Crippen molar-refractivity contribution in [3.63, 3.8) is 0 Å². The lowest BCUT2D eigenvalue weighted by molar-refractivity contribution is -0.128. The number of nitrogens with zero attached hydrogens (tertiary/aromatic N) is 1. The summed E-state index contributed by atoms with van der Waals surface area (Å²) >= 11 is 11.7. The topological polar surface area (TPSA) is 37.4 Å². The molecule has 0 atom stereocenters. The number of ketones is 1. The highest BCUT2D eigenvalue weighted by Gasteiger charge is 2.28. The molecule has 0 spiro atoms. The minimum atomic E-state index is -0.565. The highest BCUT2D eigenvalue weighted by Crippen LogP contribution is 2.36. The van der Waals surface area contributed by atoms with Crippen molar-refractivity contribution in [2.45, 2.75) is 12.8 Å². The van der Waals surface area contributed by atoms with Crippen molar-refractivity contribution in [3.8, 4) is 0 Å². The van der Waals surface area contributed by atoms with Crippen molar-refractivity contribution in [2.24, 2.45) is 0 Å². The molecule has 2 rings (SSSR count). The maximum Gasteiger partial charge on any atom is 0.234 e. The highest BCUT2D eigenvalue weighted by atomic mass is 35.5. The zero-order valence-electron chi connectivity index (χ0n) is 8.67. The monoisotopic (exact) mass is 275 g/mol. The molecule has 0 bridgehead atoms. The number of carbonyl (C=O) groups excluding carboxylic acids is 2. The van der Waals surface area contributed by atoms with Crippen LogP contribution >= 0.6 is 23.2 Å². The molecule has 1 amide bonds. The maximum atomic E-state index is 13.0. The zero-order valence-corrected chi connectivity index (χ0v) is 10.2. The van der Waals surface area contributed by atoms with Crippen LogP contribution in [-0.4, -0.2) is 18.2 Å². The van der Waals surface area contributed by atoms with E-state index in [-0.39, 0.29) is 46.8 Å². The molecule has 17 heavy (non-hydrogen) atoms. The van der Waals surface area contributed by atoms with E-state index in [1.807, 2.05) is 0 Å². The van der Waals surface area contributed by atoms with E-state index in [1.165, 1.54) is 4.90 Å². The normalized spacial score (nSPS) is 16.5. The standard InChI is InChI=1S/C11H8Cl2FNO2/c12-8-3-6(14)4-9(13)11(8)15-2-1-7(16)5-10(15)17/h3-4H,1-2,5H2. The van der Waals surface area contributed by atoms with E-state index in [0.717, 1.165) is 12.1 Å². The average Bonchev–Trinajstić information content (AvgIpc) is 2.19. The summed E-state index contributed by atoms with van der Waals surface area (Å²) < 4.78 is 13.0. The molecular formula is C11H8Cl2FNO2. The molecule has 0 unspecified atom stereocenters. The van der Waals surface area contributed by atoms with Gasteiger partial charge < -0.3 is 4.90 Å². The van der Waals surface area contributed by atoms with Gasteiger partial charge in [0.05, 0.1) is 22.2 Å². The lowest BCUT2D eigenvalue weighted by atomic mass is 10.1. The van der Waals surface area contributed by atoms with Gasteiger partial charge in [-0.25, -0.2) is 4.39 Å². The summed E-state index contributed by atoms with van der Waals surface area (Å²) in [6.07, 6.45) is 0.0970. The molecule has 3 nitrogen and oxygen atoms in total. The molecule has 1 aliphatic heterocycles. The Kier molecular flexibility index (Phi) is 3.35. The summed E-state index contributed by atoms with van der Waals surface area (Å²) in [6, 6.07) is 2.18. The van der Waals surface area contributed by atoms with E-state index in [9.17, 15) is 14.0 Å². The van der Waals surface area contributed by atoms with Crippen LogP contribution in [0, 0.1) is 5.82 Å². The summed E-state index contributed by atoms with van der Waals surface area (Å²) in [7, 11) is 0. The van der Waals surface area contributed by atoms with Crippen LogP contribution in [0.15, 0.2) is 12.1 Å². The average molecular weight is 276 g/mol. The second-order valence-corrected chi connectivity index (χ2v) is 4.54. The molecule has 1 aromatic carbocycles. The van der Waals surface area contributed by atoms with Gasteiger partial charge in [-0.05, 0) is 12.1 Å². The van der Waals surface area contributed by atoms with Crippen LogP contribution in [0.1, 0.15) is 12.8 Å². The van der Waals surface area contributed by atoms with Crippen LogP contribution in [0.2, 0.25) is 10.0 Å².